The van der Waals surface area contributed by atoms with Gasteiger partial charge in [-0.25, -0.2) is 0 Å². The molecule has 2 atom stereocenters. The molecule has 0 unspecified atom stereocenters. The third-order valence-corrected chi connectivity index (χ3v) is 7.49. The van der Waals surface area contributed by atoms with Gasteiger partial charge in [0.2, 0.25) is 11.8 Å². The van der Waals surface area contributed by atoms with Crippen LogP contribution in [0, 0.1) is 5.92 Å². The zero-order chi connectivity index (χ0) is 24.0. The van der Waals surface area contributed by atoms with Crippen LogP contribution in [0.15, 0.2) is 54.6 Å². The predicted octanol–water partition coefficient (Wildman–Crippen LogP) is 4.75. The molecule has 2 saturated heterocycles. The molecule has 0 spiro atoms. The number of halogens is 1. The van der Waals surface area contributed by atoms with E-state index in [2.05, 4.69) is 5.32 Å². The number of hydrogen-bond donors (Lipinski definition) is 1. The maximum atomic E-state index is 13.1. The van der Waals surface area contributed by atoms with Crippen LogP contribution in [0.5, 0.6) is 0 Å². The molecule has 2 aliphatic heterocycles. The fraction of sp³-hybridized carbons (Fsp3) is 0.464. The summed E-state index contributed by atoms with van der Waals surface area (Å²) in [6.07, 6.45) is 5.86. The Morgan fingerprint density at radius 1 is 1.03 bits per heavy atom. The third kappa shape index (κ3) is 6.47. The molecular weight excluding hydrogens is 448 g/mol. The van der Waals surface area contributed by atoms with Crippen molar-refractivity contribution in [2.24, 2.45) is 5.92 Å². The smallest absolute Gasteiger partial charge is 0.222 e. The fourth-order valence-electron chi connectivity index (χ4n) is 5.26. The molecule has 2 aliphatic rings. The van der Waals surface area contributed by atoms with E-state index in [0.717, 1.165) is 31.2 Å². The number of aryl methyl sites for hydroxylation is 1. The molecule has 2 aromatic carbocycles. The van der Waals surface area contributed by atoms with Gasteiger partial charge in [0.25, 0.3) is 0 Å². The summed E-state index contributed by atoms with van der Waals surface area (Å²) in [5, 5.41) is 3.83. The molecule has 0 aliphatic carbocycles. The number of likely N-dealkylation sites (tertiary alicyclic amines) is 1. The number of rotatable bonds is 9. The van der Waals surface area contributed by atoms with Gasteiger partial charge in [0, 0.05) is 48.8 Å². The van der Waals surface area contributed by atoms with E-state index in [1.165, 1.54) is 5.56 Å². The number of nitrogens with one attached hydrogen (secondary N) is 1. The number of hydrogen-bond acceptors (Lipinski definition) is 3. The summed E-state index contributed by atoms with van der Waals surface area (Å²) >= 11 is 6.02. The van der Waals surface area contributed by atoms with E-state index in [-0.39, 0.29) is 23.5 Å². The van der Waals surface area contributed by atoms with Gasteiger partial charge in [0.05, 0.1) is 0 Å². The molecule has 34 heavy (non-hydrogen) atoms. The van der Waals surface area contributed by atoms with Gasteiger partial charge in [-0.2, -0.15) is 0 Å². The summed E-state index contributed by atoms with van der Waals surface area (Å²) in [6.45, 7) is 1.22. The molecule has 0 bridgehead atoms. The Bertz CT molecular complexity index is 1010. The number of benzene rings is 2. The first-order valence-corrected chi connectivity index (χ1v) is 12.7. The van der Waals surface area contributed by atoms with Crippen LogP contribution < -0.4 is 5.32 Å². The number of carbonyl (C=O) groups excluding carboxylic acids is 3. The highest BCUT2D eigenvalue weighted by atomic mass is 35.5. The van der Waals surface area contributed by atoms with Crippen molar-refractivity contribution in [1.82, 2.24) is 10.2 Å². The van der Waals surface area contributed by atoms with Crippen LogP contribution in [0.4, 0.5) is 0 Å². The Morgan fingerprint density at radius 2 is 1.79 bits per heavy atom. The van der Waals surface area contributed by atoms with E-state index in [1.54, 1.807) is 0 Å². The largest absolute Gasteiger partial charge is 0.350 e. The summed E-state index contributed by atoms with van der Waals surface area (Å²) in [5.41, 5.74) is 1.87. The average molecular weight is 481 g/mol. The van der Waals surface area contributed by atoms with Gasteiger partial charge in [-0.05, 0) is 61.8 Å². The highest BCUT2D eigenvalue weighted by molar-refractivity contribution is 6.30. The second kappa shape index (κ2) is 11.2. The minimum Gasteiger partial charge on any atom is -0.350 e. The van der Waals surface area contributed by atoms with Gasteiger partial charge in [0.15, 0.2) is 0 Å². The van der Waals surface area contributed by atoms with E-state index >= 15 is 0 Å². The number of amides is 2. The Kier molecular flexibility index (Phi) is 8.04. The quantitative estimate of drug-likeness (QED) is 0.563. The third-order valence-electron chi connectivity index (χ3n) is 7.24. The minimum atomic E-state index is -0.402. The maximum Gasteiger partial charge on any atom is 0.222 e. The van der Waals surface area contributed by atoms with Crippen LogP contribution in [-0.2, 0) is 27.2 Å². The van der Waals surface area contributed by atoms with Gasteiger partial charge in [0.1, 0.15) is 5.78 Å². The highest BCUT2D eigenvalue weighted by Crippen LogP contribution is 2.31. The van der Waals surface area contributed by atoms with E-state index in [1.807, 2.05) is 59.5 Å². The SMILES string of the molecule is O=C1CC[C@](CCC(=O)N2CCC[C@H](C(=O)CCc3ccccc3)C2)(Cc2ccc(Cl)cc2)N1. The number of nitrogens with zero attached hydrogens (tertiary/aromatic N) is 1. The summed E-state index contributed by atoms with van der Waals surface area (Å²) in [6, 6.07) is 17.7. The Hall–Kier alpha value is -2.66. The fourth-order valence-corrected chi connectivity index (χ4v) is 5.39. The van der Waals surface area contributed by atoms with Crippen LogP contribution in [0.25, 0.3) is 0 Å². The van der Waals surface area contributed by atoms with Crippen molar-refractivity contribution in [2.45, 2.75) is 63.3 Å². The van der Waals surface area contributed by atoms with Crippen molar-refractivity contribution < 1.29 is 14.4 Å². The molecule has 0 saturated carbocycles. The van der Waals surface area contributed by atoms with E-state index in [9.17, 15) is 14.4 Å². The normalized spacial score (nSPS) is 22.4. The van der Waals surface area contributed by atoms with Crippen molar-refractivity contribution in [3.8, 4) is 0 Å². The second-order valence-corrected chi connectivity index (χ2v) is 10.2. The van der Waals surface area contributed by atoms with Crippen molar-refractivity contribution in [3.05, 3.63) is 70.7 Å². The molecule has 6 heteroatoms. The minimum absolute atomic E-state index is 0.0449. The lowest BCUT2D eigenvalue weighted by Crippen LogP contribution is -2.46. The molecule has 2 aromatic rings. The molecule has 4 rings (SSSR count). The van der Waals surface area contributed by atoms with E-state index in [0.29, 0.717) is 50.2 Å². The summed E-state index contributed by atoms with van der Waals surface area (Å²) < 4.78 is 0. The van der Waals surface area contributed by atoms with Crippen LogP contribution in [0.3, 0.4) is 0 Å². The first kappa shape index (κ1) is 24.5. The monoisotopic (exact) mass is 480 g/mol. The lowest BCUT2D eigenvalue weighted by Gasteiger charge is -2.34. The van der Waals surface area contributed by atoms with Crippen molar-refractivity contribution in [3.63, 3.8) is 0 Å². The van der Waals surface area contributed by atoms with Crippen molar-refractivity contribution in [1.29, 1.82) is 0 Å². The zero-order valence-electron chi connectivity index (χ0n) is 19.6. The molecular formula is C28H33ClN2O3. The number of ketones is 1. The molecule has 5 nitrogen and oxygen atoms in total. The standard InChI is InChI=1S/C28H33ClN2O3/c29-24-11-8-22(9-12-24)19-28(16-14-26(33)30-28)17-15-27(34)31-18-4-7-23(20-31)25(32)13-10-21-5-2-1-3-6-21/h1-3,5-6,8-9,11-12,23H,4,7,10,13-20H2,(H,30,33)/t23-,28-/m0/s1. The van der Waals surface area contributed by atoms with Crippen molar-refractivity contribution in [2.75, 3.05) is 13.1 Å². The number of Topliss-reactive ketones (excluding diaryl/α,β-unsaturated/α-hetero) is 1. The summed E-state index contributed by atoms with van der Waals surface area (Å²) in [7, 11) is 0. The molecule has 2 fully saturated rings. The van der Waals surface area contributed by atoms with E-state index < -0.39 is 5.54 Å². The van der Waals surface area contributed by atoms with E-state index in [4.69, 9.17) is 11.6 Å². The van der Waals surface area contributed by atoms with Gasteiger partial charge < -0.3 is 10.2 Å². The molecule has 0 aromatic heterocycles. The van der Waals surface area contributed by atoms with Crippen LogP contribution in [0.2, 0.25) is 5.02 Å². The molecule has 2 heterocycles. The highest BCUT2D eigenvalue weighted by Gasteiger charge is 2.38. The number of piperidine rings is 1. The maximum absolute atomic E-state index is 13.1. The second-order valence-electron chi connectivity index (χ2n) is 9.76. The zero-order valence-corrected chi connectivity index (χ0v) is 20.4. The number of carbonyl (C=O) groups is 3. The van der Waals surface area contributed by atoms with Crippen LogP contribution in [-0.4, -0.2) is 41.1 Å². The lowest BCUT2D eigenvalue weighted by molar-refractivity contribution is -0.135. The molecule has 1 N–H and O–H groups in total. The van der Waals surface area contributed by atoms with Crippen LogP contribution in [0.1, 0.15) is 56.1 Å². The van der Waals surface area contributed by atoms with Gasteiger partial charge in [-0.3, -0.25) is 14.4 Å². The summed E-state index contributed by atoms with van der Waals surface area (Å²) in [4.78, 5) is 39.9. The Morgan fingerprint density at radius 3 is 2.50 bits per heavy atom. The Balaban J connectivity index is 1.31. The Labute approximate surface area is 206 Å². The summed E-state index contributed by atoms with van der Waals surface area (Å²) in [5.74, 6) is 0.305. The lowest BCUT2D eigenvalue weighted by atomic mass is 9.84. The predicted molar refractivity (Wildman–Crippen MR) is 134 cm³/mol. The molecule has 2 amide bonds. The van der Waals surface area contributed by atoms with Gasteiger partial charge in [-0.15, -0.1) is 0 Å². The first-order valence-electron chi connectivity index (χ1n) is 12.3. The van der Waals surface area contributed by atoms with Crippen LogP contribution >= 0.6 is 11.6 Å². The van der Waals surface area contributed by atoms with Gasteiger partial charge >= 0.3 is 0 Å². The topological polar surface area (TPSA) is 66.5 Å². The van der Waals surface area contributed by atoms with Crippen molar-refractivity contribution >= 4 is 29.2 Å². The molecule has 180 valence electrons. The first-order chi connectivity index (χ1) is 16.4. The average Bonchev–Trinajstić information content (AvgIpc) is 3.23. The van der Waals surface area contributed by atoms with Gasteiger partial charge in [-0.1, -0.05) is 54.1 Å². The molecule has 0 radical (unpaired) electrons.